The van der Waals surface area contributed by atoms with Crippen molar-refractivity contribution in [2.75, 3.05) is 27.7 Å². The van der Waals surface area contributed by atoms with Gasteiger partial charge in [0.1, 0.15) is 6.54 Å². The van der Waals surface area contributed by atoms with Crippen LogP contribution in [0.3, 0.4) is 0 Å². The van der Waals surface area contributed by atoms with Crippen molar-refractivity contribution >= 4 is 5.97 Å². The van der Waals surface area contributed by atoms with E-state index in [9.17, 15) is 4.79 Å². The van der Waals surface area contributed by atoms with Crippen LogP contribution in [0.5, 0.6) is 0 Å². The molecule has 0 bridgehead atoms. The molecule has 3 heteroatoms. The molecule has 0 fully saturated rings. The molecule has 1 aromatic rings. The highest BCUT2D eigenvalue weighted by atomic mass is 16.5. The van der Waals surface area contributed by atoms with E-state index in [0.29, 0.717) is 11.5 Å². The number of esters is 1. The summed E-state index contributed by atoms with van der Waals surface area (Å²) < 4.78 is 5.72. The van der Waals surface area contributed by atoms with Gasteiger partial charge in [0, 0.05) is 11.5 Å². The van der Waals surface area contributed by atoms with Gasteiger partial charge in [-0.05, 0) is 37.3 Å². The maximum Gasteiger partial charge on any atom is 0.337 e. The van der Waals surface area contributed by atoms with Crippen molar-refractivity contribution in [1.29, 1.82) is 0 Å². The highest BCUT2D eigenvalue weighted by Gasteiger charge is 2.32. The number of methoxy groups -OCH3 is 1. The van der Waals surface area contributed by atoms with Crippen molar-refractivity contribution in [1.82, 2.24) is 0 Å². The smallest absolute Gasteiger partial charge is 0.337 e. The van der Waals surface area contributed by atoms with Crippen LogP contribution in [0.25, 0.3) is 0 Å². The predicted octanol–water partition coefficient (Wildman–Crippen LogP) is 4.29. The topological polar surface area (TPSA) is 26.3 Å². The van der Waals surface area contributed by atoms with Crippen LogP contribution in [0.1, 0.15) is 43.1 Å². The van der Waals surface area contributed by atoms with Gasteiger partial charge >= 0.3 is 5.97 Å². The first-order chi connectivity index (χ1) is 11.2. The minimum absolute atomic E-state index is 0.276. The third-order valence-corrected chi connectivity index (χ3v) is 5.29. The maximum absolute atomic E-state index is 11.5. The number of benzene rings is 1. The van der Waals surface area contributed by atoms with Gasteiger partial charge in [-0.3, -0.25) is 0 Å². The number of ether oxygens (including phenoxy) is 1. The molecular formula is C21H32NO2+. The van der Waals surface area contributed by atoms with E-state index in [-0.39, 0.29) is 5.97 Å². The van der Waals surface area contributed by atoms with E-state index in [4.69, 9.17) is 4.74 Å². The summed E-state index contributed by atoms with van der Waals surface area (Å²) in [6, 6.07) is 7.81. The van der Waals surface area contributed by atoms with Gasteiger partial charge in [0.15, 0.2) is 0 Å². The standard InChI is InChI=1S/C21H32NO2/c1-15-11-16(2)20(17(3)12-15)14-22(4,5)13-18-7-9-19(10-8-18)21(23)24-6/h7-11,16-17,20H,12-14H2,1-6H3/q+1/t16-,17-,20+/m0/s1. The van der Waals surface area contributed by atoms with Crippen molar-refractivity contribution in [3.8, 4) is 0 Å². The molecule has 0 N–H and O–H groups in total. The maximum atomic E-state index is 11.5. The lowest BCUT2D eigenvalue weighted by molar-refractivity contribution is -0.907. The highest BCUT2D eigenvalue weighted by Crippen LogP contribution is 2.35. The Labute approximate surface area is 146 Å². The van der Waals surface area contributed by atoms with Gasteiger partial charge in [-0.2, -0.15) is 0 Å². The van der Waals surface area contributed by atoms with E-state index in [2.05, 4.69) is 40.9 Å². The molecular weight excluding hydrogens is 298 g/mol. The largest absolute Gasteiger partial charge is 0.465 e. The minimum Gasteiger partial charge on any atom is -0.465 e. The second kappa shape index (κ2) is 7.52. The van der Waals surface area contributed by atoms with Crippen LogP contribution >= 0.6 is 0 Å². The third-order valence-electron chi connectivity index (χ3n) is 5.29. The van der Waals surface area contributed by atoms with E-state index in [1.807, 2.05) is 24.3 Å². The van der Waals surface area contributed by atoms with Gasteiger partial charge < -0.3 is 9.22 Å². The molecule has 0 radical (unpaired) electrons. The van der Waals surface area contributed by atoms with E-state index < -0.39 is 0 Å². The number of carbonyl (C=O) groups excluding carboxylic acids is 1. The van der Waals surface area contributed by atoms with Crippen LogP contribution in [0.15, 0.2) is 35.9 Å². The summed E-state index contributed by atoms with van der Waals surface area (Å²) >= 11 is 0. The first-order valence-electron chi connectivity index (χ1n) is 8.88. The number of carbonyl (C=O) groups is 1. The fourth-order valence-corrected chi connectivity index (χ4v) is 4.16. The second-order valence-corrected chi connectivity index (χ2v) is 8.18. The van der Waals surface area contributed by atoms with Crippen LogP contribution in [-0.4, -0.2) is 38.2 Å². The fraction of sp³-hybridized carbons (Fsp3) is 0.571. The summed E-state index contributed by atoms with van der Waals surface area (Å²) in [5, 5.41) is 0. The first kappa shape index (κ1) is 18.7. The molecule has 3 atom stereocenters. The Morgan fingerprint density at radius 1 is 1.21 bits per heavy atom. The lowest BCUT2D eigenvalue weighted by atomic mass is 9.74. The molecule has 0 saturated carbocycles. The SMILES string of the molecule is COC(=O)c1ccc(C[N+](C)(C)C[C@@H]2[C@@H](C)C=C(C)C[C@@H]2C)cc1. The zero-order chi connectivity index (χ0) is 17.9. The summed E-state index contributed by atoms with van der Waals surface area (Å²) in [5.41, 5.74) is 3.41. The summed E-state index contributed by atoms with van der Waals surface area (Å²) in [6.07, 6.45) is 3.68. The number of rotatable bonds is 5. The fourth-order valence-electron chi connectivity index (χ4n) is 4.16. The molecule has 0 saturated heterocycles. The number of hydrogen-bond acceptors (Lipinski definition) is 2. The molecule has 132 valence electrons. The van der Waals surface area contributed by atoms with Crippen molar-refractivity contribution in [3.63, 3.8) is 0 Å². The molecule has 0 aromatic heterocycles. The molecule has 0 unspecified atom stereocenters. The molecule has 0 amide bonds. The van der Waals surface area contributed by atoms with E-state index in [0.717, 1.165) is 22.9 Å². The average molecular weight is 330 g/mol. The van der Waals surface area contributed by atoms with E-state index in [1.165, 1.54) is 31.2 Å². The summed E-state index contributed by atoms with van der Waals surface area (Å²) in [5.74, 6) is 1.83. The zero-order valence-electron chi connectivity index (χ0n) is 16.0. The normalized spacial score (nSPS) is 24.4. The number of nitrogens with zero attached hydrogens (tertiary/aromatic N) is 1. The van der Waals surface area contributed by atoms with Gasteiger partial charge in [0.2, 0.25) is 0 Å². The predicted molar refractivity (Wildman–Crippen MR) is 98.7 cm³/mol. The monoisotopic (exact) mass is 330 g/mol. The Hall–Kier alpha value is -1.61. The average Bonchev–Trinajstić information content (AvgIpc) is 2.50. The van der Waals surface area contributed by atoms with Crippen LogP contribution < -0.4 is 0 Å². The molecule has 1 aliphatic carbocycles. The Morgan fingerprint density at radius 3 is 2.38 bits per heavy atom. The molecule has 24 heavy (non-hydrogen) atoms. The first-order valence-corrected chi connectivity index (χ1v) is 8.88. The van der Waals surface area contributed by atoms with E-state index >= 15 is 0 Å². The Morgan fingerprint density at radius 2 is 1.83 bits per heavy atom. The Balaban J connectivity index is 2.04. The van der Waals surface area contributed by atoms with Gasteiger partial charge in [-0.25, -0.2) is 4.79 Å². The van der Waals surface area contributed by atoms with Crippen molar-refractivity contribution in [2.24, 2.45) is 17.8 Å². The van der Waals surface area contributed by atoms with Crippen LogP contribution in [0, 0.1) is 17.8 Å². The van der Waals surface area contributed by atoms with Gasteiger partial charge in [0.25, 0.3) is 0 Å². The van der Waals surface area contributed by atoms with Crippen molar-refractivity contribution in [3.05, 3.63) is 47.0 Å². The summed E-state index contributed by atoms with van der Waals surface area (Å²) in [4.78, 5) is 11.5. The van der Waals surface area contributed by atoms with Gasteiger partial charge in [-0.1, -0.05) is 37.6 Å². The molecule has 0 aliphatic heterocycles. The highest BCUT2D eigenvalue weighted by molar-refractivity contribution is 5.89. The summed E-state index contributed by atoms with van der Waals surface area (Å²) in [6.45, 7) is 9.15. The number of allylic oxidation sites excluding steroid dienone is 2. The Bertz CT molecular complexity index is 601. The van der Waals surface area contributed by atoms with Crippen LogP contribution in [-0.2, 0) is 11.3 Å². The van der Waals surface area contributed by atoms with Gasteiger partial charge in [0.05, 0.1) is 33.3 Å². The number of hydrogen-bond donors (Lipinski definition) is 0. The molecule has 3 nitrogen and oxygen atoms in total. The molecule has 2 rings (SSSR count). The van der Waals surface area contributed by atoms with Crippen LogP contribution in [0.2, 0.25) is 0 Å². The van der Waals surface area contributed by atoms with E-state index in [1.54, 1.807) is 0 Å². The number of quaternary nitrogens is 1. The zero-order valence-corrected chi connectivity index (χ0v) is 16.0. The van der Waals surface area contributed by atoms with Gasteiger partial charge in [-0.15, -0.1) is 0 Å². The van der Waals surface area contributed by atoms with Crippen LogP contribution in [0.4, 0.5) is 0 Å². The molecule has 1 aromatic carbocycles. The lowest BCUT2D eigenvalue weighted by Crippen LogP contribution is -2.46. The molecule has 1 aliphatic rings. The summed E-state index contributed by atoms with van der Waals surface area (Å²) in [7, 11) is 6.02. The van der Waals surface area contributed by atoms with Crippen molar-refractivity contribution < 1.29 is 14.0 Å². The third kappa shape index (κ3) is 4.70. The minimum atomic E-state index is -0.276. The Kier molecular flexibility index (Phi) is 5.87. The lowest BCUT2D eigenvalue weighted by Gasteiger charge is -2.40. The molecule has 0 heterocycles. The quantitative estimate of drug-likeness (QED) is 0.457. The molecule has 0 spiro atoms. The second-order valence-electron chi connectivity index (χ2n) is 8.18. The van der Waals surface area contributed by atoms with Crippen molar-refractivity contribution in [2.45, 2.75) is 33.7 Å².